The van der Waals surface area contributed by atoms with Gasteiger partial charge in [-0.1, -0.05) is 6.42 Å². The molecular formula is C14H28N2. The van der Waals surface area contributed by atoms with Crippen molar-refractivity contribution < 1.29 is 0 Å². The molecule has 0 aliphatic heterocycles. The average molecular weight is 224 g/mol. The van der Waals surface area contributed by atoms with Gasteiger partial charge in [0.15, 0.2) is 0 Å². The van der Waals surface area contributed by atoms with E-state index < -0.39 is 0 Å². The van der Waals surface area contributed by atoms with Gasteiger partial charge >= 0.3 is 0 Å². The molecule has 2 nitrogen and oxygen atoms in total. The van der Waals surface area contributed by atoms with Crippen LogP contribution >= 0.6 is 0 Å². The van der Waals surface area contributed by atoms with Crippen molar-refractivity contribution in [3.63, 3.8) is 0 Å². The van der Waals surface area contributed by atoms with Crippen LogP contribution in [-0.4, -0.2) is 37.1 Å². The first-order valence-corrected chi connectivity index (χ1v) is 7.10. The molecule has 0 aromatic heterocycles. The SMILES string of the molecule is CC(C)N(C)CCCNC1CC2CCC1C2. The fourth-order valence-electron chi connectivity index (χ4n) is 3.37. The van der Waals surface area contributed by atoms with Gasteiger partial charge in [0.1, 0.15) is 0 Å². The first-order chi connectivity index (χ1) is 7.66. The Morgan fingerprint density at radius 3 is 2.62 bits per heavy atom. The summed E-state index contributed by atoms with van der Waals surface area (Å²) in [5.74, 6) is 2.09. The lowest BCUT2D eigenvalue weighted by atomic mass is 9.95. The number of fused-ring (bicyclic) bond motifs is 2. The van der Waals surface area contributed by atoms with E-state index in [4.69, 9.17) is 0 Å². The van der Waals surface area contributed by atoms with Crippen molar-refractivity contribution in [1.29, 1.82) is 0 Å². The zero-order chi connectivity index (χ0) is 11.5. The predicted octanol–water partition coefficient (Wildman–Crippen LogP) is 2.49. The lowest BCUT2D eigenvalue weighted by Crippen LogP contribution is -2.36. The van der Waals surface area contributed by atoms with Gasteiger partial charge in [0, 0.05) is 12.1 Å². The van der Waals surface area contributed by atoms with Crippen LogP contribution in [0.3, 0.4) is 0 Å². The summed E-state index contributed by atoms with van der Waals surface area (Å²) in [4.78, 5) is 2.43. The normalized spacial score (nSPS) is 33.2. The molecule has 2 aliphatic carbocycles. The molecule has 3 atom stereocenters. The summed E-state index contributed by atoms with van der Waals surface area (Å²) in [6.45, 7) is 6.98. The Morgan fingerprint density at radius 1 is 1.25 bits per heavy atom. The Kier molecular flexibility index (Phi) is 4.26. The summed E-state index contributed by atoms with van der Waals surface area (Å²) >= 11 is 0. The molecule has 0 radical (unpaired) electrons. The van der Waals surface area contributed by atoms with Gasteiger partial charge in [-0.05, 0) is 71.5 Å². The van der Waals surface area contributed by atoms with Gasteiger partial charge in [0.2, 0.25) is 0 Å². The summed E-state index contributed by atoms with van der Waals surface area (Å²) in [6.07, 6.45) is 7.28. The highest BCUT2D eigenvalue weighted by Gasteiger charge is 2.38. The topological polar surface area (TPSA) is 15.3 Å². The molecule has 0 spiro atoms. The molecule has 0 heterocycles. The maximum absolute atomic E-state index is 3.78. The minimum absolute atomic E-state index is 0.683. The van der Waals surface area contributed by atoms with Gasteiger partial charge in [-0.2, -0.15) is 0 Å². The largest absolute Gasteiger partial charge is 0.314 e. The van der Waals surface area contributed by atoms with E-state index in [0.29, 0.717) is 6.04 Å². The molecule has 2 fully saturated rings. The minimum Gasteiger partial charge on any atom is -0.314 e. The molecule has 2 aliphatic rings. The molecule has 16 heavy (non-hydrogen) atoms. The fourth-order valence-corrected chi connectivity index (χ4v) is 3.37. The van der Waals surface area contributed by atoms with E-state index in [1.54, 1.807) is 0 Å². The zero-order valence-corrected chi connectivity index (χ0v) is 11.2. The van der Waals surface area contributed by atoms with Crippen molar-refractivity contribution in [3.8, 4) is 0 Å². The highest BCUT2D eigenvalue weighted by Crippen LogP contribution is 2.44. The summed E-state index contributed by atoms with van der Waals surface area (Å²) in [7, 11) is 2.22. The first-order valence-electron chi connectivity index (χ1n) is 7.10. The number of nitrogens with zero attached hydrogens (tertiary/aromatic N) is 1. The van der Waals surface area contributed by atoms with Crippen LogP contribution in [0, 0.1) is 11.8 Å². The maximum Gasteiger partial charge on any atom is 0.00980 e. The van der Waals surface area contributed by atoms with Gasteiger partial charge in [0.05, 0.1) is 0 Å². The molecule has 0 saturated heterocycles. The van der Waals surface area contributed by atoms with Crippen molar-refractivity contribution >= 4 is 0 Å². The Labute approximate surface area is 101 Å². The summed E-state index contributed by atoms with van der Waals surface area (Å²) < 4.78 is 0. The van der Waals surface area contributed by atoms with Crippen LogP contribution in [0.4, 0.5) is 0 Å². The molecule has 2 heteroatoms. The Balaban J connectivity index is 1.55. The fraction of sp³-hybridized carbons (Fsp3) is 1.00. The summed E-state index contributed by atoms with van der Waals surface area (Å²) in [5, 5.41) is 3.78. The number of hydrogen-bond acceptors (Lipinski definition) is 2. The lowest BCUT2D eigenvalue weighted by Gasteiger charge is -2.24. The van der Waals surface area contributed by atoms with Crippen LogP contribution in [0.2, 0.25) is 0 Å². The van der Waals surface area contributed by atoms with Gasteiger partial charge in [-0.15, -0.1) is 0 Å². The van der Waals surface area contributed by atoms with Crippen molar-refractivity contribution in [2.45, 2.75) is 58.0 Å². The van der Waals surface area contributed by atoms with Crippen molar-refractivity contribution in [2.75, 3.05) is 20.1 Å². The van der Waals surface area contributed by atoms with Crippen LogP contribution in [0.25, 0.3) is 0 Å². The minimum atomic E-state index is 0.683. The quantitative estimate of drug-likeness (QED) is 0.697. The monoisotopic (exact) mass is 224 g/mol. The van der Waals surface area contributed by atoms with E-state index in [1.165, 1.54) is 45.2 Å². The smallest absolute Gasteiger partial charge is 0.00980 e. The predicted molar refractivity (Wildman–Crippen MR) is 69.6 cm³/mol. The Hall–Kier alpha value is -0.0800. The molecule has 0 aromatic carbocycles. The molecule has 2 bridgehead atoms. The molecule has 3 unspecified atom stereocenters. The van der Waals surface area contributed by atoms with Gasteiger partial charge in [-0.25, -0.2) is 0 Å². The highest BCUT2D eigenvalue weighted by atomic mass is 15.1. The average Bonchev–Trinajstić information content (AvgIpc) is 2.85. The third-order valence-corrected chi connectivity index (χ3v) is 4.71. The van der Waals surface area contributed by atoms with E-state index in [9.17, 15) is 0 Å². The standard InChI is InChI=1S/C14H28N2/c1-11(2)16(3)8-4-7-15-14-10-12-5-6-13(14)9-12/h11-15H,4-10H2,1-3H3. The second-order valence-electron chi connectivity index (χ2n) is 6.16. The second kappa shape index (κ2) is 5.50. The van der Waals surface area contributed by atoms with Crippen molar-refractivity contribution in [3.05, 3.63) is 0 Å². The molecule has 1 N–H and O–H groups in total. The maximum atomic E-state index is 3.78. The molecule has 2 saturated carbocycles. The van der Waals surface area contributed by atoms with Crippen molar-refractivity contribution in [1.82, 2.24) is 10.2 Å². The van der Waals surface area contributed by atoms with Crippen LogP contribution in [-0.2, 0) is 0 Å². The third kappa shape index (κ3) is 2.98. The van der Waals surface area contributed by atoms with Gasteiger partial charge < -0.3 is 10.2 Å². The molecule has 2 rings (SSSR count). The number of hydrogen-bond donors (Lipinski definition) is 1. The first kappa shape index (κ1) is 12.4. The van der Waals surface area contributed by atoms with Gasteiger partial charge in [0.25, 0.3) is 0 Å². The third-order valence-electron chi connectivity index (χ3n) is 4.71. The van der Waals surface area contributed by atoms with Crippen LogP contribution < -0.4 is 5.32 Å². The number of rotatable bonds is 6. The molecule has 0 aromatic rings. The molecule has 0 amide bonds. The van der Waals surface area contributed by atoms with E-state index in [2.05, 4.69) is 31.1 Å². The van der Waals surface area contributed by atoms with Crippen LogP contribution in [0.1, 0.15) is 46.0 Å². The molecule has 94 valence electrons. The van der Waals surface area contributed by atoms with E-state index in [1.807, 2.05) is 0 Å². The Bertz CT molecular complexity index is 215. The summed E-state index contributed by atoms with van der Waals surface area (Å²) in [6, 6.07) is 1.55. The van der Waals surface area contributed by atoms with Crippen LogP contribution in [0.15, 0.2) is 0 Å². The Morgan fingerprint density at radius 2 is 2.06 bits per heavy atom. The van der Waals surface area contributed by atoms with Gasteiger partial charge in [-0.3, -0.25) is 0 Å². The summed E-state index contributed by atoms with van der Waals surface area (Å²) in [5.41, 5.74) is 0. The van der Waals surface area contributed by atoms with E-state index >= 15 is 0 Å². The van der Waals surface area contributed by atoms with Crippen molar-refractivity contribution in [2.24, 2.45) is 11.8 Å². The molecular weight excluding hydrogens is 196 g/mol. The lowest BCUT2D eigenvalue weighted by molar-refractivity contribution is 0.263. The zero-order valence-electron chi connectivity index (χ0n) is 11.2. The highest BCUT2D eigenvalue weighted by molar-refractivity contribution is 4.93. The van der Waals surface area contributed by atoms with Crippen LogP contribution in [0.5, 0.6) is 0 Å². The van der Waals surface area contributed by atoms with E-state index in [0.717, 1.165) is 17.9 Å². The number of nitrogens with one attached hydrogen (secondary N) is 1. The second-order valence-corrected chi connectivity index (χ2v) is 6.16. The van der Waals surface area contributed by atoms with E-state index in [-0.39, 0.29) is 0 Å².